The third kappa shape index (κ3) is 5.22. The highest BCUT2D eigenvalue weighted by atomic mass is 16.5. The van der Waals surface area contributed by atoms with E-state index in [0.29, 0.717) is 32.0 Å². The third-order valence-electron chi connectivity index (χ3n) is 5.37. The summed E-state index contributed by atoms with van der Waals surface area (Å²) < 4.78 is 5.86. The Kier molecular flexibility index (Phi) is 6.66. The smallest absolute Gasteiger partial charge is 0.404 e. The molecule has 0 radical (unpaired) electrons. The molecule has 0 bridgehead atoms. The van der Waals surface area contributed by atoms with Gasteiger partial charge in [-0.15, -0.1) is 0 Å². The van der Waals surface area contributed by atoms with E-state index < -0.39 is 11.5 Å². The molecule has 2 rings (SSSR count). The average Bonchev–Trinajstić information content (AvgIpc) is 2.60. The van der Waals surface area contributed by atoms with Crippen LogP contribution >= 0.6 is 0 Å². The summed E-state index contributed by atoms with van der Waals surface area (Å²) >= 11 is 0. The number of benzene rings is 1. The van der Waals surface area contributed by atoms with Crippen LogP contribution in [0.25, 0.3) is 0 Å². The summed E-state index contributed by atoms with van der Waals surface area (Å²) in [6.07, 6.45) is 2.11. The maximum absolute atomic E-state index is 11.3. The van der Waals surface area contributed by atoms with Gasteiger partial charge in [0.15, 0.2) is 0 Å². The number of hydrogen-bond donors (Lipinski definition) is 2. The van der Waals surface area contributed by atoms with Crippen molar-refractivity contribution in [2.75, 3.05) is 6.61 Å². The Balaban J connectivity index is 1.92. The molecule has 1 amide bonds. The van der Waals surface area contributed by atoms with Gasteiger partial charge >= 0.3 is 6.09 Å². The molecule has 0 saturated heterocycles. The van der Waals surface area contributed by atoms with E-state index in [-0.39, 0.29) is 11.5 Å². The molecule has 1 unspecified atom stereocenters. The maximum atomic E-state index is 11.3. The van der Waals surface area contributed by atoms with Crippen LogP contribution in [0.4, 0.5) is 4.79 Å². The van der Waals surface area contributed by atoms with Crippen molar-refractivity contribution in [2.24, 2.45) is 16.7 Å². The highest BCUT2D eigenvalue weighted by Gasteiger charge is 2.48. The number of nitrogens with zero attached hydrogens (tertiary/aromatic N) is 1. The second-order valence-corrected chi connectivity index (χ2v) is 8.46. The van der Waals surface area contributed by atoms with Gasteiger partial charge in [-0.3, -0.25) is 0 Å². The van der Waals surface area contributed by atoms with E-state index in [0.717, 1.165) is 18.4 Å². The molecular weight excluding hydrogens is 328 g/mol. The lowest BCUT2D eigenvalue weighted by Crippen LogP contribution is -2.55. The molecule has 2 N–H and O–H groups in total. The van der Waals surface area contributed by atoms with Crippen LogP contribution in [-0.2, 0) is 11.3 Å². The number of ether oxygens (including phenoxy) is 1. The second kappa shape index (κ2) is 8.55. The van der Waals surface area contributed by atoms with Crippen LogP contribution in [-0.4, -0.2) is 23.8 Å². The standard InChI is InChI=1S/C21H30N2O3/c1-20(2,3)18(23-19(24)25)21(15-22)11-9-17(10-12-21)14-26-13-16-7-5-4-6-8-16/h4-8,17-18,23H,9-14H2,1-3H3,(H,24,25)/t17-,18?,21+. The van der Waals surface area contributed by atoms with Crippen molar-refractivity contribution in [1.29, 1.82) is 5.26 Å². The van der Waals surface area contributed by atoms with Gasteiger partial charge in [0.2, 0.25) is 0 Å². The van der Waals surface area contributed by atoms with Gasteiger partial charge in [0.05, 0.1) is 24.1 Å². The Morgan fingerprint density at radius 1 is 1.35 bits per heavy atom. The first-order valence-electron chi connectivity index (χ1n) is 9.29. The fourth-order valence-electron chi connectivity index (χ4n) is 4.05. The van der Waals surface area contributed by atoms with Gasteiger partial charge in [0.1, 0.15) is 0 Å². The first kappa shape index (κ1) is 20.3. The molecule has 1 saturated carbocycles. The predicted octanol–water partition coefficient (Wildman–Crippen LogP) is 4.59. The SMILES string of the molecule is CC(C)(C)C(NC(=O)O)[C@]1(C#N)CC[C@H](COCc2ccccc2)CC1. The summed E-state index contributed by atoms with van der Waals surface area (Å²) in [6.45, 7) is 7.25. The fourth-order valence-corrected chi connectivity index (χ4v) is 4.05. The Morgan fingerprint density at radius 3 is 2.46 bits per heavy atom. The number of rotatable bonds is 6. The summed E-state index contributed by atoms with van der Waals surface area (Å²) in [5, 5.41) is 21.7. The summed E-state index contributed by atoms with van der Waals surface area (Å²) in [5.41, 5.74) is 0.199. The van der Waals surface area contributed by atoms with Crippen LogP contribution in [0.5, 0.6) is 0 Å². The van der Waals surface area contributed by atoms with Crippen molar-refractivity contribution < 1.29 is 14.6 Å². The Labute approximate surface area is 156 Å². The summed E-state index contributed by atoms with van der Waals surface area (Å²) in [5.74, 6) is 0.422. The second-order valence-electron chi connectivity index (χ2n) is 8.46. The summed E-state index contributed by atoms with van der Waals surface area (Å²) in [7, 11) is 0. The molecule has 26 heavy (non-hydrogen) atoms. The van der Waals surface area contributed by atoms with Gasteiger partial charge in [-0.1, -0.05) is 51.1 Å². The van der Waals surface area contributed by atoms with Crippen LogP contribution in [0.1, 0.15) is 52.0 Å². The molecule has 0 aromatic heterocycles. The Hall–Kier alpha value is -2.06. The molecule has 0 heterocycles. The highest BCUT2D eigenvalue weighted by molar-refractivity contribution is 5.65. The minimum Gasteiger partial charge on any atom is -0.465 e. The van der Waals surface area contributed by atoms with Crippen molar-refractivity contribution in [3.05, 3.63) is 35.9 Å². The van der Waals surface area contributed by atoms with Crippen LogP contribution in [0.2, 0.25) is 0 Å². The Bertz CT molecular complexity index is 623. The Morgan fingerprint density at radius 2 is 1.96 bits per heavy atom. The van der Waals surface area contributed by atoms with Crippen LogP contribution in [0.15, 0.2) is 30.3 Å². The van der Waals surface area contributed by atoms with E-state index in [1.165, 1.54) is 0 Å². The van der Waals surface area contributed by atoms with E-state index in [1.54, 1.807) is 0 Å². The molecule has 1 fully saturated rings. The predicted molar refractivity (Wildman–Crippen MR) is 101 cm³/mol. The number of amides is 1. The van der Waals surface area contributed by atoms with Gasteiger partial charge in [-0.25, -0.2) is 4.79 Å². The maximum Gasteiger partial charge on any atom is 0.404 e. The van der Waals surface area contributed by atoms with E-state index in [2.05, 4.69) is 11.4 Å². The number of hydrogen-bond acceptors (Lipinski definition) is 3. The molecule has 5 nitrogen and oxygen atoms in total. The van der Waals surface area contributed by atoms with Crippen molar-refractivity contribution in [2.45, 2.75) is 59.1 Å². The zero-order chi connectivity index (χ0) is 19.2. The number of nitriles is 1. The summed E-state index contributed by atoms with van der Waals surface area (Å²) in [4.78, 5) is 11.3. The van der Waals surface area contributed by atoms with Crippen LogP contribution in [0, 0.1) is 28.1 Å². The summed E-state index contributed by atoms with van der Waals surface area (Å²) in [6, 6.07) is 12.2. The van der Waals surface area contributed by atoms with Crippen LogP contribution < -0.4 is 5.32 Å². The molecule has 0 spiro atoms. The monoisotopic (exact) mass is 358 g/mol. The molecular formula is C21H30N2O3. The fraction of sp³-hybridized carbons (Fsp3) is 0.619. The topological polar surface area (TPSA) is 82.4 Å². The number of carboxylic acid groups (broad SMARTS) is 1. The number of carbonyl (C=O) groups is 1. The quantitative estimate of drug-likeness (QED) is 0.779. The number of nitrogens with one attached hydrogen (secondary N) is 1. The lowest BCUT2D eigenvalue weighted by molar-refractivity contribution is 0.0356. The lowest BCUT2D eigenvalue weighted by atomic mass is 9.61. The first-order valence-corrected chi connectivity index (χ1v) is 9.29. The molecule has 142 valence electrons. The normalized spacial score (nSPS) is 24.5. The third-order valence-corrected chi connectivity index (χ3v) is 5.37. The molecule has 5 heteroatoms. The molecule has 1 aromatic carbocycles. The molecule has 1 aliphatic rings. The van der Waals surface area contributed by atoms with E-state index >= 15 is 0 Å². The molecule has 1 atom stereocenters. The zero-order valence-corrected chi connectivity index (χ0v) is 16.0. The van der Waals surface area contributed by atoms with Gasteiger partial charge in [-0.2, -0.15) is 5.26 Å². The van der Waals surface area contributed by atoms with E-state index in [9.17, 15) is 15.2 Å². The highest BCUT2D eigenvalue weighted by Crippen LogP contribution is 2.46. The van der Waals surface area contributed by atoms with Crippen molar-refractivity contribution >= 4 is 6.09 Å². The van der Waals surface area contributed by atoms with Crippen molar-refractivity contribution in [1.82, 2.24) is 5.32 Å². The van der Waals surface area contributed by atoms with Gasteiger partial charge in [0.25, 0.3) is 0 Å². The minimum atomic E-state index is -1.06. The van der Waals surface area contributed by atoms with Crippen molar-refractivity contribution in [3.8, 4) is 6.07 Å². The molecule has 1 aliphatic carbocycles. The molecule has 0 aliphatic heterocycles. The van der Waals surface area contributed by atoms with Crippen LogP contribution in [0.3, 0.4) is 0 Å². The van der Waals surface area contributed by atoms with Gasteiger partial charge in [-0.05, 0) is 42.6 Å². The van der Waals surface area contributed by atoms with Crippen molar-refractivity contribution in [3.63, 3.8) is 0 Å². The largest absolute Gasteiger partial charge is 0.465 e. The minimum absolute atomic E-state index is 0.315. The van der Waals surface area contributed by atoms with E-state index in [4.69, 9.17) is 4.74 Å². The van der Waals surface area contributed by atoms with E-state index in [1.807, 2.05) is 51.1 Å². The van der Waals surface area contributed by atoms with Gasteiger partial charge < -0.3 is 15.2 Å². The first-order chi connectivity index (χ1) is 12.3. The van der Waals surface area contributed by atoms with Gasteiger partial charge in [0, 0.05) is 6.61 Å². The molecule has 1 aromatic rings. The lowest BCUT2D eigenvalue weighted by Gasteiger charge is -2.46. The average molecular weight is 358 g/mol. The zero-order valence-electron chi connectivity index (χ0n) is 16.0.